The van der Waals surface area contributed by atoms with Crippen LogP contribution in [0.15, 0.2) is 54.6 Å². The maximum absolute atomic E-state index is 12.9. The molecule has 160 valence electrons. The molecule has 0 atom stereocenters. The number of ketones is 1. The van der Waals surface area contributed by atoms with E-state index in [9.17, 15) is 4.79 Å². The maximum atomic E-state index is 12.9. The van der Waals surface area contributed by atoms with Gasteiger partial charge < -0.3 is 15.1 Å². The van der Waals surface area contributed by atoms with Crippen LogP contribution in [-0.4, -0.2) is 80.9 Å². The predicted octanol–water partition coefficient (Wildman–Crippen LogP) is 3.30. The molecule has 1 aliphatic heterocycles. The van der Waals surface area contributed by atoms with Crippen LogP contribution >= 0.6 is 0 Å². The molecule has 0 aromatic heterocycles. The lowest BCUT2D eigenvalue weighted by molar-refractivity contribution is 0.104. The van der Waals surface area contributed by atoms with Gasteiger partial charge in [0.15, 0.2) is 5.78 Å². The molecule has 5 heteroatoms. The normalized spacial score (nSPS) is 15.7. The third-order valence-electron chi connectivity index (χ3n) is 5.50. The molecule has 0 aliphatic carbocycles. The van der Waals surface area contributed by atoms with Crippen molar-refractivity contribution in [3.8, 4) is 0 Å². The number of nitrogens with one attached hydrogen (secondary N) is 1. The number of nitrogens with zero attached hydrogens (tertiary/aromatic N) is 3. The Morgan fingerprint density at radius 1 is 1.03 bits per heavy atom. The van der Waals surface area contributed by atoms with E-state index in [0.717, 1.165) is 68.2 Å². The summed E-state index contributed by atoms with van der Waals surface area (Å²) in [4.78, 5) is 19.8. The van der Waals surface area contributed by atoms with Gasteiger partial charge in [0.05, 0.1) is 0 Å². The van der Waals surface area contributed by atoms with Crippen LogP contribution in [0, 0.1) is 0 Å². The molecule has 2 aromatic rings. The quantitative estimate of drug-likeness (QED) is 0.511. The second-order valence-corrected chi connectivity index (χ2v) is 8.29. The molecule has 3 rings (SSSR count). The minimum absolute atomic E-state index is 0.0629. The predicted molar refractivity (Wildman–Crippen MR) is 126 cm³/mol. The van der Waals surface area contributed by atoms with Gasteiger partial charge in [-0.15, -0.1) is 0 Å². The summed E-state index contributed by atoms with van der Waals surface area (Å²) in [6.07, 6.45) is 3.59. The van der Waals surface area contributed by atoms with Crippen molar-refractivity contribution in [3.63, 3.8) is 0 Å². The lowest BCUT2D eigenvalue weighted by atomic mass is 10.0. The highest BCUT2D eigenvalue weighted by atomic mass is 16.1. The smallest absolute Gasteiger partial charge is 0.186 e. The average Bonchev–Trinajstić information content (AvgIpc) is 2.75. The van der Waals surface area contributed by atoms with Crippen molar-refractivity contribution in [1.82, 2.24) is 14.7 Å². The van der Waals surface area contributed by atoms with Crippen molar-refractivity contribution < 1.29 is 4.79 Å². The fourth-order valence-corrected chi connectivity index (χ4v) is 3.54. The fourth-order valence-electron chi connectivity index (χ4n) is 3.54. The molecule has 1 saturated heterocycles. The first-order chi connectivity index (χ1) is 14.5. The molecule has 1 fully saturated rings. The Balaban J connectivity index is 1.59. The van der Waals surface area contributed by atoms with Crippen molar-refractivity contribution in [2.24, 2.45) is 0 Å². The first kappa shape index (κ1) is 22.2. The van der Waals surface area contributed by atoms with E-state index in [1.807, 2.05) is 36.4 Å². The van der Waals surface area contributed by atoms with Gasteiger partial charge in [0.2, 0.25) is 0 Å². The minimum Gasteiger partial charge on any atom is -0.384 e. The van der Waals surface area contributed by atoms with E-state index in [2.05, 4.69) is 59.4 Å². The van der Waals surface area contributed by atoms with Crippen molar-refractivity contribution >= 4 is 17.5 Å². The first-order valence-electron chi connectivity index (χ1n) is 10.7. The SMILES string of the molecule is CN(C)CCNc1ccc(C=CC(=O)c2ccccc2CN2CCN(C)CC2)cc1. The fraction of sp³-hybridized carbons (Fsp3) is 0.400. The zero-order chi connectivity index (χ0) is 21.3. The maximum Gasteiger partial charge on any atom is 0.186 e. The Labute approximate surface area is 181 Å². The summed E-state index contributed by atoms with van der Waals surface area (Å²) >= 11 is 0. The molecule has 1 aliphatic rings. The minimum atomic E-state index is 0.0629. The van der Waals surface area contributed by atoms with Gasteiger partial charge in [0.1, 0.15) is 0 Å². The number of carbonyl (C=O) groups excluding carboxylic acids is 1. The molecule has 1 N–H and O–H groups in total. The number of piperazine rings is 1. The zero-order valence-electron chi connectivity index (χ0n) is 18.5. The Kier molecular flexibility index (Phi) is 8.20. The number of allylic oxidation sites excluding steroid dienone is 1. The number of hydrogen-bond donors (Lipinski definition) is 1. The number of benzene rings is 2. The second-order valence-electron chi connectivity index (χ2n) is 8.29. The molecule has 0 saturated carbocycles. The van der Waals surface area contributed by atoms with E-state index in [0.29, 0.717) is 0 Å². The van der Waals surface area contributed by atoms with Crippen LogP contribution in [0.4, 0.5) is 5.69 Å². The van der Waals surface area contributed by atoms with Crippen molar-refractivity contribution in [3.05, 3.63) is 71.3 Å². The van der Waals surface area contributed by atoms with Crippen molar-refractivity contribution in [2.75, 3.05) is 65.7 Å². The lowest BCUT2D eigenvalue weighted by Crippen LogP contribution is -2.44. The van der Waals surface area contributed by atoms with Gasteiger partial charge in [0, 0.05) is 57.1 Å². The Bertz CT molecular complexity index is 836. The number of anilines is 1. The average molecular weight is 407 g/mol. The number of rotatable bonds is 9. The van der Waals surface area contributed by atoms with E-state index >= 15 is 0 Å². The molecule has 0 unspecified atom stereocenters. The first-order valence-corrected chi connectivity index (χ1v) is 10.7. The van der Waals surface area contributed by atoms with Crippen LogP contribution in [0.5, 0.6) is 0 Å². The topological polar surface area (TPSA) is 38.8 Å². The monoisotopic (exact) mass is 406 g/mol. The van der Waals surface area contributed by atoms with E-state index in [-0.39, 0.29) is 5.78 Å². The Hall–Kier alpha value is -2.47. The van der Waals surface area contributed by atoms with Gasteiger partial charge in [-0.3, -0.25) is 9.69 Å². The third-order valence-corrected chi connectivity index (χ3v) is 5.50. The molecule has 5 nitrogen and oxygen atoms in total. The Morgan fingerprint density at radius 3 is 2.43 bits per heavy atom. The van der Waals surface area contributed by atoms with E-state index < -0.39 is 0 Å². The Morgan fingerprint density at radius 2 is 1.73 bits per heavy atom. The summed E-state index contributed by atoms with van der Waals surface area (Å²) in [5.41, 5.74) is 4.03. The van der Waals surface area contributed by atoms with Crippen LogP contribution in [-0.2, 0) is 6.54 Å². The highest BCUT2D eigenvalue weighted by molar-refractivity contribution is 6.07. The second kappa shape index (κ2) is 11.1. The van der Waals surface area contributed by atoms with Gasteiger partial charge >= 0.3 is 0 Å². The summed E-state index contributed by atoms with van der Waals surface area (Å²) in [6, 6.07) is 16.2. The summed E-state index contributed by atoms with van der Waals surface area (Å²) in [7, 11) is 6.29. The summed E-state index contributed by atoms with van der Waals surface area (Å²) in [6.45, 7) is 6.98. The van der Waals surface area contributed by atoms with E-state index in [1.165, 1.54) is 0 Å². The molecule has 0 bridgehead atoms. The number of hydrogen-bond acceptors (Lipinski definition) is 5. The highest BCUT2D eigenvalue weighted by Crippen LogP contribution is 2.16. The number of likely N-dealkylation sites (N-methyl/N-ethyl adjacent to an activating group) is 2. The molecule has 2 aromatic carbocycles. The molecular weight excluding hydrogens is 372 g/mol. The zero-order valence-corrected chi connectivity index (χ0v) is 18.5. The van der Waals surface area contributed by atoms with E-state index in [4.69, 9.17) is 0 Å². The largest absolute Gasteiger partial charge is 0.384 e. The molecule has 1 heterocycles. The number of carbonyl (C=O) groups is 1. The van der Waals surface area contributed by atoms with Gasteiger partial charge in [-0.05, 0) is 50.5 Å². The van der Waals surface area contributed by atoms with E-state index in [1.54, 1.807) is 6.08 Å². The third kappa shape index (κ3) is 6.80. The van der Waals surface area contributed by atoms with Crippen molar-refractivity contribution in [1.29, 1.82) is 0 Å². The standard InChI is InChI=1S/C25H34N4O/c1-27(2)15-14-26-23-11-8-21(9-12-23)10-13-25(30)24-7-5-4-6-22(24)20-29-18-16-28(3)17-19-29/h4-13,26H,14-20H2,1-3H3. The molecule has 30 heavy (non-hydrogen) atoms. The molecule has 0 spiro atoms. The summed E-state index contributed by atoms with van der Waals surface area (Å²) in [5, 5.41) is 3.40. The molecule has 0 radical (unpaired) electrons. The summed E-state index contributed by atoms with van der Waals surface area (Å²) in [5.74, 6) is 0.0629. The van der Waals surface area contributed by atoms with Gasteiger partial charge in [-0.1, -0.05) is 42.5 Å². The van der Waals surface area contributed by atoms with Gasteiger partial charge in [-0.2, -0.15) is 0 Å². The van der Waals surface area contributed by atoms with Gasteiger partial charge in [0.25, 0.3) is 0 Å². The van der Waals surface area contributed by atoms with Crippen LogP contribution in [0.2, 0.25) is 0 Å². The van der Waals surface area contributed by atoms with Crippen LogP contribution < -0.4 is 5.32 Å². The van der Waals surface area contributed by atoms with Crippen LogP contribution in [0.25, 0.3) is 6.08 Å². The van der Waals surface area contributed by atoms with Crippen LogP contribution in [0.3, 0.4) is 0 Å². The molecular formula is C25H34N4O. The van der Waals surface area contributed by atoms with Crippen LogP contribution in [0.1, 0.15) is 21.5 Å². The van der Waals surface area contributed by atoms with Gasteiger partial charge in [-0.25, -0.2) is 0 Å². The van der Waals surface area contributed by atoms with Crippen molar-refractivity contribution in [2.45, 2.75) is 6.54 Å². The lowest BCUT2D eigenvalue weighted by Gasteiger charge is -2.32. The molecule has 0 amide bonds. The summed E-state index contributed by atoms with van der Waals surface area (Å²) < 4.78 is 0. The highest BCUT2D eigenvalue weighted by Gasteiger charge is 2.16.